The molecule has 2 amide bonds. The van der Waals surface area contributed by atoms with E-state index in [0.29, 0.717) is 13.0 Å². The van der Waals surface area contributed by atoms with Crippen LogP contribution in [0.4, 0.5) is 0 Å². The van der Waals surface area contributed by atoms with Crippen molar-refractivity contribution >= 4 is 27.7 Å². The lowest BCUT2D eigenvalue weighted by Crippen LogP contribution is -2.67. The van der Waals surface area contributed by atoms with Crippen LogP contribution in [0, 0.1) is 0 Å². The van der Waals surface area contributed by atoms with Crippen molar-refractivity contribution in [2.24, 2.45) is 0 Å². The Morgan fingerprint density at radius 1 is 1.29 bits per heavy atom. The number of hydrogen-bond acceptors (Lipinski definition) is 2. The lowest BCUT2D eigenvalue weighted by atomic mass is 9.93. The van der Waals surface area contributed by atoms with Gasteiger partial charge in [0.25, 0.3) is 0 Å². The second-order valence-corrected chi connectivity index (χ2v) is 6.74. The van der Waals surface area contributed by atoms with Crippen LogP contribution in [0.15, 0.2) is 28.7 Å². The molecule has 1 aromatic carbocycles. The fourth-order valence-electron chi connectivity index (χ4n) is 2.54. The summed E-state index contributed by atoms with van der Waals surface area (Å²) in [5.41, 5.74) is 0.167. The normalized spacial score (nSPS) is 21.3. The first-order chi connectivity index (χ1) is 9.87. The number of amides is 2. The molecule has 1 saturated heterocycles. The molecule has 1 unspecified atom stereocenters. The van der Waals surface area contributed by atoms with Gasteiger partial charge in [0.15, 0.2) is 0 Å². The molecule has 1 aromatic rings. The smallest absolute Gasteiger partial charge is 0.246 e. The summed E-state index contributed by atoms with van der Waals surface area (Å²) in [6.45, 7) is 6.02. The number of carbonyl (C=O) groups excluding carboxylic acids is 2. The van der Waals surface area contributed by atoms with Gasteiger partial charge in [-0.1, -0.05) is 47.5 Å². The van der Waals surface area contributed by atoms with Gasteiger partial charge in [0, 0.05) is 11.0 Å². The molecule has 0 spiro atoms. The third kappa shape index (κ3) is 3.12. The number of nitrogens with zero attached hydrogens (tertiary/aromatic N) is 1. The number of carbonyl (C=O) groups is 2. The maximum absolute atomic E-state index is 12.7. The van der Waals surface area contributed by atoms with E-state index in [1.165, 1.54) is 0 Å². The summed E-state index contributed by atoms with van der Waals surface area (Å²) in [5, 5.41) is 2.85. The summed E-state index contributed by atoms with van der Waals surface area (Å²) in [6, 6.07) is 7.38. The van der Waals surface area contributed by atoms with Crippen LogP contribution in [-0.4, -0.2) is 28.3 Å². The highest BCUT2D eigenvalue weighted by molar-refractivity contribution is 9.10. The summed E-state index contributed by atoms with van der Waals surface area (Å²) in [7, 11) is 0. The molecule has 0 aromatic heterocycles. The van der Waals surface area contributed by atoms with E-state index in [9.17, 15) is 9.59 Å². The minimum atomic E-state index is -0.837. The minimum absolute atomic E-state index is 0.00259. The van der Waals surface area contributed by atoms with E-state index < -0.39 is 11.6 Å². The average Bonchev–Trinajstić information content (AvgIpc) is 2.43. The lowest BCUT2D eigenvalue weighted by molar-refractivity contribution is -0.156. The maximum atomic E-state index is 12.7. The van der Waals surface area contributed by atoms with Crippen molar-refractivity contribution in [2.75, 3.05) is 0 Å². The van der Waals surface area contributed by atoms with E-state index in [2.05, 4.69) is 21.2 Å². The van der Waals surface area contributed by atoms with E-state index >= 15 is 0 Å². The minimum Gasteiger partial charge on any atom is -0.342 e. The highest BCUT2D eigenvalue weighted by Gasteiger charge is 2.45. The van der Waals surface area contributed by atoms with E-state index in [1.807, 2.05) is 31.2 Å². The van der Waals surface area contributed by atoms with Gasteiger partial charge in [0.05, 0.1) is 0 Å². The molecule has 1 fully saturated rings. The van der Waals surface area contributed by atoms with E-state index in [4.69, 9.17) is 0 Å². The van der Waals surface area contributed by atoms with Gasteiger partial charge >= 0.3 is 0 Å². The molecule has 1 aliphatic heterocycles. The van der Waals surface area contributed by atoms with Crippen LogP contribution in [0.2, 0.25) is 0 Å². The molecule has 4 nitrogen and oxygen atoms in total. The van der Waals surface area contributed by atoms with Gasteiger partial charge < -0.3 is 10.2 Å². The molecule has 1 atom stereocenters. The van der Waals surface area contributed by atoms with Crippen molar-refractivity contribution in [3.05, 3.63) is 34.3 Å². The zero-order chi connectivity index (χ0) is 15.6. The van der Waals surface area contributed by atoms with Crippen molar-refractivity contribution < 1.29 is 9.59 Å². The first kappa shape index (κ1) is 16.0. The predicted molar refractivity (Wildman–Crippen MR) is 85.6 cm³/mol. The van der Waals surface area contributed by atoms with Gasteiger partial charge in [-0.25, -0.2) is 0 Å². The third-order valence-corrected chi connectivity index (χ3v) is 4.74. The fourth-order valence-corrected chi connectivity index (χ4v) is 2.95. The van der Waals surface area contributed by atoms with Gasteiger partial charge in [0.2, 0.25) is 11.8 Å². The molecule has 5 heteroatoms. The van der Waals surface area contributed by atoms with Crippen LogP contribution >= 0.6 is 15.9 Å². The Hall–Kier alpha value is -1.36. The number of benzene rings is 1. The monoisotopic (exact) mass is 352 g/mol. The predicted octanol–water partition coefficient (Wildman–Crippen LogP) is 2.85. The molecular formula is C16H21BrN2O2. The summed E-state index contributed by atoms with van der Waals surface area (Å²) < 4.78 is 0.951. The molecular weight excluding hydrogens is 332 g/mol. The van der Waals surface area contributed by atoms with Gasteiger partial charge in [-0.15, -0.1) is 0 Å². The number of halogens is 1. The van der Waals surface area contributed by atoms with Crippen LogP contribution in [0.3, 0.4) is 0 Å². The summed E-state index contributed by atoms with van der Waals surface area (Å²) >= 11 is 3.50. The zero-order valence-corrected chi connectivity index (χ0v) is 14.2. The first-order valence-corrected chi connectivity index (χ1v) is 8.03. The van der Waals surface area contributed by atoms with Crippen molar-refractivity contribution in [2.45, 2.75) is 51.7 Å². The Labute approximate surface area is 134 Å². The number of nitrogens with one attached hydrogen (secondary N) is 1. The van der Waals surface area contributed by atoms with Gasteiger partial charge in [0.1, 0.15) is 11.6 Å². The van der Waals surface area contributed by atoms with Crippen LogP contribution in [0.25, 0.3) is 0 Å². The molecule has 114 valence electrons. The van der Waals surface area contributed by atoms with Crippen LogP contribution in [0.1, 0.15) is 39.2 Å². The largest absolute Gasteiger partial charge is 0.342 e. The summed E-state index contributed by atoms with van der Waals surface area (Å²) in [6.07, 6.45) is 1.53. The Bertz CT molecular complexity index is 557. The Morgan fingerprint density at radius 2 is 1.95 bits per heavy atom. The topological polar surface area (TPSA) is 49.4 Å². The number of hydrogen-bond donors (Lipinski definition) is 1. The molecule has 0 bridgehead atoms. The average molecular weight is 353 g/mol. The Morgan fingerprint density at radius 3 is 2.57 bits per heavy atom. The van der Waals surface area contributed by atoms with E-state index in [0.717, 1.165) is 16.5 Å². The van der Waals surface area contributed by atoms with Crippen molar-refractivity contribution in [1.29, 1.82) is 0 Å². The Balaban J connectivity index is 2.30. The van der Waals surface area contributed by atoms with Crippen molar-refractivity contribution in [1.82, 2.24) is 10.2 Å². The standard InChI is InChI=1S/C16H21BrN2O2/c1-4-7-13-14(20)19(16(2,3)15(21)18-13)10-11-8-5-6-9-12(11)17/h5-6,8-9,13H,4,7,10H2,1-3H3,(H,18,21). The molecule has 0 saturated carbocycles. The first-order valence-electron chi connectivity index (χ1n) is 7.23. The molecule has 0 radical (unpaired) electrons. The summed E-state index contributed by atoms with van der Waals surface area (Å²) in [4.78, 5) is 26.7. The quantitative estimate of drug-likeness (QED) is 0.905. The highest BCUT2D eigenvalue weighted by Crippen LogP contribution is 2.27. The Kier molecular flexibility index (Phi) is 4.71. The second kappa shape index (κ2) is 6.18. The highest BCUT2D eigenvalue weighted by atomic mass is 79.9. The molecule has 0 aliphatic carbocycles. The van der Waals surface area contributed by atoms with E-state index in [1.54, 1.807) is 18.7 Å². The third-order valence-electron chi connectivity index (χ3n) is 3.96. The van der Waals surface area contributed by atoms with Crippen LogP contribution in [-0.2, 0) is 16.1 Å². The van der Waals surface area contributed by atoms with Gasteiger partial charge in [-0.2, -0.15) is 0 Å². The zero-order valence-electron chi connectivity index (χ0n) is 12.6. The number of rotatable bonds is 4. The van der Waals surface area contributed by atoms with Crippen molar-refractivity contribution in [3.63, 3.8) is 0 Å². The SMILES string of the molecule is CCCC1NC(=O)C(C)(C)N(Cc2ccccc2Br)C1=O. The molecule has 1 aliphatic rings. The molecule has 1 N–H and O–H groups in total. The van der Waals surface area contributed by atoms with Crippen LogP contribution < -0.4 is 5.32 Å². The summed E-state index contributed by atoms with van der Waals surface area (Å²) in [5.74, 6) is -0.0928. The molecule has 1 heterocycles. The van der Waals surface area contributed by atoms with Gasteiger partial charge in [-0.3, -0.25) is 9.59 Å². The lowest BCUT2D eigenvalue weighted by Gasteiger charge is -2.44. The van der Waals surface area contributed by atoms with Gasteiger partial charge in [-0.05, 0) is 31.9 Å². The second-order valence-electron chi connectivity index (χ2n) is 5.89. The van der Waals surface area contributed by atoms with E-state index in [-0.39, 0.29) is 11.8 Å². The van der Waals surface area contributed by atoms with Crippen LogP contribution in [0.5, 0.6) is 0 Å². The fraction of sp³-hybridized carbons (Fsp3) is 0.500. The molecule has 2 rings (SSSR count). The molecule has 21 heavy (non-hydrogen) atoms. The van der Waals surface area contributed by atoms with Crippen molar-refractivity contribution in [3.8, 4) is 0 Å². The maximum Gasteiger partial charge on any atom is 0.246 e. The number of piperazine rings is 1.